The number of carboxylic acids is 1. The number of phenols is 3. The summed E-state index contributed by atoms with van der Waals surface area (Å²) in [6.45, 7) is 7.55. The molecule has 11 bridgehead atoms. The number of carbonyl (C=O) groups is 8. The smallest absolute Gasteiger partial charge is 0.330 e. The van der Waals surface area contributed by atoms with E-state index in [0.29, 0.717) is 6.42 Å². The topological polar surface area (TPSA) is 547 Å². The van der Waals surface area contributed by atoms with Crippen molar-refractivity contribution in [2.75, 3.05) is 6.54 Å². The van der Waals surface area contributed by atoms with Crippen molar-refractivity contribution in [1.82, 2.24) is 31.9 Å². The molecular formula is C66H73Cl2N11O23. The van der Waals surface area contributed by atoms with Gasteiger partial charge in [-0.25, -0.2) is 4.79 Å². The Bertz CT molecular complexity index is 4200. The van der Waals surface area contributed by atoms with E-state index < -0.39 is 237 Å². The van der Waals surface area contributed by atoms with Crippen LogP contribution in [0, 0.1) is 11.8 Å². The number of benzene rings is 5. The lowest BCUT2D eigenvalue weighted by atomic mass is 9.86. The number of carbonyl (C=O) groups excluding carboxylic acids is 7. The van der Waals surface area contributed by atoms with Crippen LogP contribution in [0.25, 0.3) is 21.6 Å². The van der Waals surface area contributed by atoms with Crippen LogP contribution in [0.5, 0.6) is 46.0 Å². The molecule has 19 N–H and O–H groups in total. The van der Waals surface area contributed by atoms with Crippen molar-refractivity contribution >= 4 is 70.5 Å². The summed E-state index contributed by atoms with van der Waals surface area (Å²) in [5.74, 6) is -16.7. The number of aliphatic hydroxyl groups is 5. The Morgan fingerprint density at radius 2 is 1.34 bits per heavy atom. The van der Waals surface area contributed by atoms with Gasteiger partial charge in [0.05, 0.1) is 41.3 Å². The van der Waals surface area contributed by atoms with Gasteiger partial charge in [-0.15, -0.1) is 0 Å². The first-order valence-corrected chi connectivity index (χ1v) is 32.6. The Hall–Kier alpha value is -9.81. The lowest BCUT2D eigenvalue weighted by molar-refractivity contribution is -0.330. The number of aromatic hydroxyl groups is 3. The maximum Gasteiger partial charge on any atom is 0.330 e. The molecule has 2 fully saturated rings. The van der Waals surface area contributed by atoms with E-state index in [4.69, 9.17) is 63.1 Å². The molecule has 0 aromatic heterocycles. The molecule has 102 heavy (non-hydrogen) atoms. The molecule has 12 rings (SSSR count). The van der Waals surface area contributed by atoms with Crippen LogP contribution >= 0.6 is 23.2 Å². The van der Waals surface area contributed by atoms with E-state index in [1.807, 2.05) is 13.8 Å². The highest BCUT2D eigenvalue weighted by Gasteiger charge is 2.51. The Labute approximate surface area is 589 Å². The lowest BCUT2D eigenvalue weighted by Crippen LogP contribution is -2.64. The molecule has 0 radical (unpaired) electrons. The predicted octanol–water partition coefficient (Wildman–Crippen LogP) is 2.47. The maximum absolute atomic E-state index is 16.0. The number of hydrogen-bond donors (Lipinski definition) is 17. The van der Waals surface area contributed by atoms with Crippen molar-refractivity contribution in [3.63, 3.8) is 0 Å². The highest BCUT2D eigenvalue weighted by atomic mass is 35.5. The van der Waals surface area contributed by atoms with Crippen LogP contribution in [-0.4, -0.2) is 173 Å². The van der Waals surface area contributed by atoms with Crippen LogP contribution in [0.4, 0.5) is 0 Å². The van der Waals surface area contributed by atoms with Crippen LogP contribution in [0.15, 0.2) is 84.0 Å². The lowest BCUT2D eigenvalue weighted by Gasteiger charge is -2.47. The molecule has 0 spiro atoms. The molecule has 7 aliphatic rings. The molecule has 34 nitrogen and oxygen atoms in total. The molecule has 7 amide bonds. The molecule has 7 heterocycles. The van der Waals surface area contributed by atoms with E-state index in [-0.39, 0.29) is 39.8 Å². The number of primary amides is 1. The van der Waals surface area contributed by atoms with Gasteiger partial charge >= 0.3 is 5.97 Å². The number of fused-ring (bicyclic) bond motifs is 15. The van der Waals surface area contributed by atoms with Gasteiger partial charge in [0.2, 0.25) is 53.4 Å². The minimum Gasteiger partial charge on any atom is -0.508 e. The Kier molecular flexibility index (Phi) is 22.3. The van der Waals surface area contributed by atoms with Gasteiger partial charge in [-0.2, -0.15) is 0 Å². The summed E-state index contributed by atoms with van der Waals surface area (Å²) in [5.41, 5.74) is 17.4. The van der Waals surface area contributed by atoms with Crippen LogP contribution in [0.3, 0.4) is 0 Å². The minimum atomic E-state index is -2.35. The summed E-state index contributed by atoms with van der Waals surface area (Å²) in [6.07, 6.45) is -18.5. The first kappa shape index (κ1) is 74.9. The number of phenolic OH excluding ortho intramolecular Hbond substituents is 3. The zero-order valence-electron chi connectivity index (χ0n) is 54.7. The third kappa shape index (κ3) is 15.9. The van der Waals surface area contributed by atoms with E-state index in [9.17, 15) is 75.5 Å². The SMILES string of the molecule is CC(C)C[C@H](C)C(=O)N[C@H]1C(=O)N[C@@H](CC(N)=O)C(=O)N[C@H]2C(=O)NC3C(=O)N[C@H](C(=O)N[C@@H](C(=O)O)c4cc(O)cc(O)c4-c4cc3ccc4O)[C@H](O)c3ccc(c(Cl)c3)Oc3cc2cc(c3OC2OC(CN=[N+]=[N-])C(O)C(O)C2OC2CC(C)(N)C(O)C(C)O2)Oc2ccc(cc2Cl)[C@H]1O. The minimum absolute atomic E-state index is 0.0455. The normalized spacial score (nSPS) is 29.1. The number of hydrogen-bond acceptors (Lipinski definition) is 24. The molecule has 18 atom stereocenters. The fourth-order valence-corrected chi connectivity index (χ4v) is 13.1. The number of aliphatic hydroxyl groups excluding tert-OH is 5. The van der Waals surface area contributed by atoms with Gasteiger partial charge in [-0.3, -0.25) is 33.6 Å². The van der Waals surface area contributed by atoms with Crippen LogP contribution in [0.1, 0.15) is 112 Å². The fraction of sp³-hybridized carbons (Fsp3) is 0.424. The number of amides is 7. The van der Waals surface area contributed by atoms with Gasteiger partial charge in [0.15, 0.2) is 29.9 Å². The van der Waals surface area contributed by atoms with E-state index in [1.54, 1.807) is 6.92 Å². The highest BCUT2D eigenvalue weighted by Crippen LogP contribution is 2.50. The highest BCUT2D eigenvalue weighted by molar-refractivity contribution is 6.32. The molecule has 2 saturated heterocycles. The average molecular weight is 1460 g/mol. The second-order valence-corrected chi connectivity index (χ2v) is 26.8. The molecule has 5 aromatic rings. The summed E-state index contributed by atoms with van der Waals surface area (Å²) < 4.78 is 38.6. The van der Waals surface area contributed by atoms with E-state index >= 15 is 14.4 Å². The number of rotatable bonds is 13. The van der Waals surface area contributed by atoms with E-state index in [0.717, 1.165) is 66.7 Å². The van der Waals surface area contributed by atoms with Gasteiger partial charge in [0.1, 0.15) is 83.4 Å². The third-order valence-corrected chi connectivity index (χ3v) is 18.4. The summed E-state index contributed by atoms with van der Waals surface area (Å²) in [6, 6.07) is 0.294. The molecule has 544 valence electrons. The van der Waals surface area contributed by atoms with Gasteiger partial charge in [0.25, 0.3) is 0 Å². The number of nitrogens with two attached hydrogens (primary N) is 2. The van der Waals surface area contributed by atoms with Gasteiger partial charge in [-0.1, -0.05) is 67.3 Å². The van der Waals surface area contributed by atoms with Crippen molar-refractivity contribution in [2.45, 2.75) is 157 Å². The predicted molar refractivity (Wildman–Crippen MR) is 353 cm³/mol. The average Bonchev–Trinajstić information content (AvgIpc) is 0.767. The first-order chi connectivity index (χ1) is 48.1. The monoisotopic (exact) mass is 1460 g/mol. The number of carboxylic acid groups (broad SMARTS) is 1. The fourth-order valence-electron chi connectivity index (χ4n) is 12.6. The van der Waals surface area contributed by atoms with E-state index in [1.165, 1.54) is 26.0 Å². The van der Waals surface area contributed by atoms with Gasteiger partial charge < -0.3 is 118 Å². The zero-order chi connectivity index (χ0) is 74.2. The largest absolute Gasteiger partial charge is 0.508 e. The second kappa shape index (κ2) is 30.4. The maximum atomic E-state index is 16.0. The van der Waals surface area contributed by atoms with Crippen molar-refractivity contribution in [3.8, 4) is 57.1 Å². The summed E-state index contributed by atoms with van der Waals surface area (Å²) in [5, 5.41) is 121. The summed E-state index contributed by atoms with van der Waals surface area (Å²) >= 11 is 14.1. The summed E-state index contributed by atoms with van der Waals surface area (Å²) in [7, 11) is 0. The van der Waals surface area contributed by atoms with Crippen molar-refractivity contribution in [3.05, 3.63) is 127 Å². The number of ether oxygens (including phenoxy) is 6. The number of halogens is 2. The van der Waals surface area contributed by atoms with Crippen molar-refractivity contribution in [1.29, 1.82) is 0 Å². The molecule has 10 unspecified atom stereocenters. The van der Waals surface area contributed by atoms with Crippen molar-refractivity contribution < 1.29 is 113 Å². The quantitative estimate of drug-likeness (QED) is 0.0457. The standard InChI is InChI=1S/C66H73Cl2N11O23/c1-23(2)12-24(3)58(89)77-49-51(84)27-7-10-38(33(67)14-27)98-40-16-29-17-41(55(40)102-65-56(54(87)53(86)42(100-65)22-72-79-71)101-44-21-66(5,70)57(88)25(4)97-44)99-39-11-8-28(15-34(39)68)52(85)50-63(94)76-48(64(95)96)32-18-30(80)19-37(82)45(32)31-13-26(6-9-36(31)81)46(60(91)78-50)75-61(92)47(29)74-59(90)35(20-43(69)83)73-62(49)93/h6-11,13-19,23-25,35,42,44,46-54,56-57,65,80-82,84-88H,12,20-22,70H2,1-5H3,(H2,69,83)(H,73,93)(H,74,90)(H,75,92)(H,76,94)(H,77,89)(H,78,91)(H,95,96)/t24-,25?,35-,42?,44?,46?,47+,48+,49+,50-,51+,52+,53?,54?,56?,57?,65?,66?/m0/s1. The molecular weight excluding hydrogens is 1390 g/mol. The third-order valence-electron chi connectivity index (χ3n) is 17.8. The Morgan fingerprint density at radius 1 is 0.735 bits per heavy atom. The van der Waals surface area contributed by atoms with Gasteiger partial charge in [-0.05, 0) is 109 Å². The first-order valence-electron chi connectivity index (χ1n) is 31.8. The molecule has 0 saturated carbocycles. The van der Waals surface area contributed by atoms with E-state index in [2.05, 4.69) is 41.9 Å². The molecule has 7 aliphatic heterocycles. The molecule has 5 aromatic carbocycles. The molecule has 36 heteroatoms. The van der Waals surface area contributed by atoms with Crippen LogP contribution in [0.2, 0.25) is 10.0 Å². The number of aliphatic carboxylic acids is 1. The molecule has 0 aliphatic carbocycles. The van der Waals surface area contributed by atoms with Crippen LogP contribution < -0.4 is 57.6 Å². The zero-order valence-corrected chi connectivity index (χ0v) is 56.2. The number of nitrogens with zero attached hydrogens (tertiary/aromatic N) is 3. The number of nitrogens with one attached hydrogen (secondary N) is 6. The second-order valence-electron chi connectivity index (χ2n) is 26.0. The van der Waals surface area contributed by atoms with Gasteiger partial charge in [0, 0.05) is 45.5 Å². The Morgan fingerprint density at radius 3 is 1.94 bits per heavy atom. The number of azide groups is 1. The Balaban J connectivity index is 1.25. The van der Waals surface area contributed by atoms with Crippen LogP contribution in [-0.2, 0) is 52.6 Å². The van der Waals surface area contributed by atoms with Crippen molar-refractivity contribution in [2.24, 2.45) is 28.4 Å². The summed E-state index contributed by atoms with van der Waals surface area (Å²) in [4.78, 5) is 119.